The van der Waals surface area contributed by atoms with Crippen LogP contribution in [0.25, 0.3) is 0 Å². The molecule has 0 amide bonds. The van der Waals surface area contributed by atoms with Crippen molar-refractivity contribution in [1.82, 2.24) is 9.71 Å². The lowest BCUT2D eigenvalue weighted by Gasteiger charge is -2.10. The lowest BCUT2D eigenvalue weighted by atomic mass is 10.4. The first-order chi connectivity index (χ1) is 9.26. The van der Waals surface area contributed by atoms with E-state index in [0.717, 1.165) is 0 Å². The van der Waals surface area contributed by atoms with Gasteiger partial charge in [-0.05, 0) is 12.1 Å². The predicted octanol–water partition coefficient (Wildman–Crippen LogP) is 0.980. The molecule has 1 aromatic heterocycles. The zero-order valence-electron chi connectivity index (χ0n) is 10.6. The minimum absolute atomic E-state index is 0.224. The Hall–Kier alpha value is -1.39. The van der Waals surface area contributed by atoms with Crippen molar-refractivity contribution in [3.05, 3.63) is 18.3 Å². The van der Waals surface area contributed by atoms with E-state index >= 15 is 0 Å². The van der Waals surface area contributed by atoms with E-state index in [9.17, 15) is 21.6 Å². The average molecular weight is 313 g/mol. The number of aromatic nitrogens is 1. The normalized spacial score (nSPS) is 12.4. The second kappa shape index (κ2) is 6.86. The quantitative estimate of drug-likeness (QED) is 0.734. The maximum absolute atomic E-state index is 11.9. The highest BCUT2D eigenvalue weighted by Crippen LogP contribution is 2.17. The Labute approximate surface area is 114 Å². The molecule has 1 aromatic rings. The van der Waals surface area contributed by atoms with Crippen molar-refractivity contribution in [1.29, 1.82) is 0 Å². The zero-order valence-corrected chi connectivity index (χ0v) is 11.4. The van der Waals surface area contributed by atoms with Crippen molar-refractivity contribution in [2.24, 2.45) is 0 Å². The average Bonchev–Trinajstić information content (AvgIpc) is 2.36. The molecule has 2 N–H and O–H groups in total. The van der Waals surface area contributed by atoms with E-state index in [1.54, 1.807) is 6.07 Å². The van der Waals surface area contributed by atoms with Gasteiger partial charge in [-0.25, -0.2) is 18.1 Å². The highest BCUT2D eigenvalue weighted by molar-refractivity contribution is 7.89. The number of pyridine rings is 1. The smallest absolute Gasteiger partial charge is 0.386 e. The fourth-order valence-corrected chi connectivity index (χ4v) is 2.45. The standard InChI is InChI=1S/C10H14F3N3O3S/c1-14-8-3-2-4-15-9(8)20(17,18)16-5-6-19-7-10(11,12)13/h2-4,14,16H,5-7H2,1H3. The zero-order chi connectivity index (χ0) is 15.2. The number of hydrogen-bond acceptors (Lipinski definition) is 5. The fourth-order valence-electron chi connectivity index (χ4n) is 1.30. The highest BCUT2D eigenvalue weighted by atomic mass is 32.2. The molecule has 0 aliphatic rings. The summed E-state index contributed by atoms with van der Waals surface area (Å²) in [6, 6.07) is 3.07. The number of nitrogens with zero attached hydrogens (tertiary/aromatic N) is 1. The highest BCUT2D eigenvalue weighted by Gasteiger charge is 2.27. The van der Waals surface area contributed by atoms with Gasteiger partial charge in [-0.2, -0.15) is 13.2 Å². The molecule has 6 nitrogen and oxygen atoms in total. The van der Waals surface area contributed by atoms with Crippen LogP contribution in [-0.4, -0.2) is 46.4 Å². The molecule has 1 heterocycles. The van der Waals surface area contributed by atoms with Crippen LogP contribution in [0.15, 0.2) is 23.4 Å². The number of ether oxygens (including phenoxy) is 1. The summed E-state index contributed by atoms with van der Waals surface area (Å²) in [7, 11) is -2.37. The van der Waals surface area contributed by atoms with E-state index in [2.05, 4.69) is 19.8 Å². The molecule has 0 saturated heterocycles. The first-order valence-corrected chi connectivity index (χ1v) is 7.01. The molecule has 1 rings (SSSR count). The van der Waals surface area contributed by atoms with Crippen molar-refractivity contribution in [3.63, 3.8) is 0 Å². The third kappa shape index (κ3) is 5.31. The van der Waals surface area contributed by atoms with Gasteiger partial charge in [-0.3, -0.25) is 0 Å². The van der Waals surface area contributed by atoms with Crippen LogP contribution < -0.4 is 10.0 Å². The van der Waals surface area contributed by atoms with Gasteiger partial charge in [-0.15, -0.1) is 0 Å². The second-order valence-electron chi connectivity index (χ2n) is 3.67. The van der Waals surface area contributed by atoms with Gasteiger partial charge in [0.15, 0.2) is 5.03 Å². The minimum Gasteiger partial charge on any atom is -0.386 e. The largest absolute Gasteiger partial charge is 0.411 e. The molecule has 0 atom stereocenters. The first-order valence-electron chi connectivity index (χ1n) is 5.53. The topological polar surface area (TPSA) is 80.3 Å². The molecule has 0 aliphatic heterocycles. The lowest BCUT2D eigenvalue weighted by molar-refractivity contribution is -0.173. The Kier molecular flexibility index (Phi) is 5.72. The predicted molar refractivity (Wildman–Crippen MR) is 65.8 cm³/mol. The molecule has 0 saturated carbocycles. The summed E-state index contributed by atoms with van der Waals surface area (Å²) in [5, 5.41) is 2.44. The lowest BCUT2D eigenvalue weighted by Crippen LogP contribution is -2.30. The van der Waals surface area contributed by atoms with Crippen molar-refractivity contribution >= 4 is 15.7 Å². The van der Waals surface area contributed by atoms with Gasteiger partial charge in [0, 0.05) is 19.8 Å². The molecule has 10 heteroatoms. The molecular formula is C10H14F3N3O3S. The van der Waals surface area contributed by atoms with Crippen molar-refractivity contribution in [2.45, 2.75) is 11.2 Å². The van der Waals surface area contributed by atoms with Crippen LogP contribution in [0.3, 0.4) is 0 Å². The summed E-state index contributed by atoms with van der Waals surface area (Å²) < 4.78 is 65.6. The van der Waals surface area contributed by atoms with Crippen LogP contribution in [-0.2, 0) is 14.8 Å². The number of alkyl halides is 3. The van der Waals surface area contributed by atoms with E-state index in [0.29, 0.717) is 0 Å². The van der Waals surface area contributed by atoms with E-state index < -0.39 is 22.8 Å². The van der Waals surface area contributed by atoms with Crippen LogP contribution in [0.4, 0.5) is 18.9 Å². The summed E-state index contributed by atoms with van der Waals surface area (Å²) in [6.07, 6.45) is -3.13. The molecule has 0 bridgehead atoms. The monoisotopic (exact) mass is 313 g/mol. The molecule has 0 spiro atoms. The SMILES string of the molecule is CNc1cccnc1S(=O)(=O)NCCOCC(F)(F)F. The van der Waals surface area contributed by atoms with Crippen molar-refractivity contribution in [3.8, 4) is 0 Å². The molecule has 0 aromatic carbocycles. The first kappa shape index (κ1) is 16.7. The third-order valence-corrected chi connectivity index (χ3v) is 3.52. The Morgan fingerprint density at radius 3 is 2.70 bits per heavy atom. The van der Waals surface area contributed by atoms with Crippen molar-refractivity contribution < 1.29 is 26.3 Å². The van der Waals surface area contributed by atoms with Gasteiger partial charge in [0.2, 0.25) is 0 Å². The van der Waals surface area contributed by atoms with Crippen LogP contribution >= 0.6 is 0 Å². The number of anilines is 1. The van der Waals surface area contributed by atoms with Crippen LogP contribution in [0.2, 0.25) is 0 Å². The van der Waals surface area contributed by atoms with E-state index in [4.69, 9.17) is 0 Å². The summed E-state index contributed by atoms with van der Waals surface area (Å²) in [5.41, 5.74) is 0.288. The molecule has 114 valence electrons. The summed E-state index contributed by atoms with van der Waals surface area (Å²) in [4.78, 5) is 3.73. The second-order valence-corrected chi connectivity index (χ2v) is 5.35. The Balaban J connectivity index is 2.54. The van der Waals surface area contributed by atoms with Crippen LogP contribution in [0.1, 0.15) is 0 Å². The van der Waals surface area contributed by atoms with Gasteiger partial charge in [0.25, 0.3) is 10.0 Å². The number of nitrogens with one attached hydrogen (secondary N) is 2. The molecular weight excluding hydrogens is 299 g/mol. The van der Waals surface area contributed by atoms with Crippen LogP contribution in [0.5, 0.6) is 0 Å². The molecule has 0 fully saturated rings. The Morgan fingerprint density at radius 1 is 1.40 bits per heavy atom. The molecule has 20 heavy (non-hydrogen) atoms. The van der Waals surface area contributed by atoms with Gasteiger partial charge >= 0.3 is 6.18 Å². The van der Waals surface area contributed by atoms with Crippen LogP contribution in [0, 0.1) is 0 Å². The number of halogens is 3. The third-order valence-electron chi connectivity index (χ3n) is 2.10. The molecule has 0 radical (unpaired) electrons. The maximum Gasteiger partial charge on any atom is 0.411 e. The Bertz CT molecular complexity index is 534. The summed E-state index contributed by atoms with van der Waals surface area (Å²) in [6.45, 7) is -2.08. The van der Waals surface area contributed by atoms with E-state index in [-0.39, 0.29) is 23.9 Å². The fraction of sp³-hybridized carbons (Fsp3) is 0.500. The minimum atomic E-state index is -4.43. The van der Waals surface area contributed by atoms with Gasteiger partial charge in [0.05, 0.1) is 12.3 Å². The van der Waals surface area contributed by atoms with Gasteiger partial charge < -0.3 is 10.1 Å². The maximum atomic E-state index is 11.9. The number of hydrogen-bond donors (Lipinski definition) is 2. The van der Waals surface area contributed by atoms with Gasteiger partial charge in [-0.1, -0.05) is 0 Å². The molecule has 0 unspecified atom stereocenters. The number of rotatable bonds is 7. The number of sulfonamides is 1. The molecule has 0 aliphatic carbocycles. The van der Waals surface area contributed by atoms with Gasteiger partial charge in [0.1, 0.15) is 6.61 Å². The summed E-state index contributed by atoms with van der Waals surface area (Å²) >= 11 is 0. The van der Waals surface area contributed by atoms with Crippen molar-refractivity contribution in [2.75, 3.05) is 32.1 Å². The van der Waals surface area contributed by atoms with E-state index in [1.807, 2.05) is 0 Å². The summed E-state index contributed by atoms with van der Waals surface area (Å²) in [5.74, 6) is 0. The Morgan fingerprint density at radius 2 is 2.10 bits per heavy atom. The van der Waals surface area contributed by atoms with E-state index in [1.165, 1.54) is 19.3 Å².